The number of nitrogens with zero attached hydrogens (tertiary/aromatic N) is 3. The van der Waals surface area contributed by atoms with Crippen molar-refractivity contribution in [3.8, 4) is 5.75 Å². The summed E-state index contributed by atoms with van der Waals surface area (Å²) in [6.07, 6.45) is 3.94. The standard InChI is InChI=1S/C25H25Cl2N5O4/c1-3-23(33)32-8-4-5-21(32)25(34)31-20-12-16-19(13-22(20)36-10-9-35-2)28-14-29-24(16)30-15-6-7-17(26)18(27)11-15/h3,6-7,11-14,21H,1,4-5,8-10H2,2H3,(H,31,34)(H,28,29,30). The summed E-state index contributed by atoms with van der Waals surface area (Å²) in [5, 5.41) is 7.63. The molecule has 3 aromatic rings. The van der Waals surface area contributed by atoms with Crippen LogP contribution in [-0.4, -0.2) is 59.6 Å². The van der Waals surface area contributed by atoms with E-state index >= 15 is 0 Å². The number of aromatic nitrogens is 2. The van der Waals surface area contributed by atoms with Crippen molar-refractivity contribution >= 4 is 63.1 Å². The predicted molar refractivity (Wildman–Crippen MR) is 140 cm³/mol. The van der Waals surface area contributed by atoms with E-state index in [4.69, 9.17) is 32.7 Å². The molecule has 188 valence electrons. The maximum absolute atomic E-state index is 13.2. The molecule has 0 bridgehead atoms. The normalized spacial score (nSPS) is 15.1. The largest absolute Gasteiger partial charge is 0.489 e. The molecule has 2 amide bonds. The Balaban J connectivity index is 1.69. The van der Waals surface area contributed by atoms with E-state index < -0.39 is 6.04 Å². The van der Waals surface area contributed by atoms with Gasteiger partial charge in [-0.05, 0) is 43.2 Å². The minimum absolute atomic E-state index is 0.273. The number of ether oxygens (including phenoxy) is 2. The highest BCUT2D eigenvalue weighted by Gasteiger charge is 2.33. The van der Waals surface area contributed by atoms with Crippen LogP contribution in [0.3, 0.4) is 0 Å². The highest BCUT2D eigenvalue weighted by Crippen LogP contribution is 2.35. The molecule has 1 aliphatic rings. The molecule has 0 aliphatic carbocycles. The van der Waals surface area contributed by atoms with Crippen LogP contribution in [0.1, 0.15) is 12.8 Å². The molecule has 36 heavy (non-hydrogen) atoms. The lowest BCUT2D eigenvalue weighted by Crippen LogP contribution is -2.42. The topological polar surface area (TPSA) is 106 Å². The maximum Gasteiger partial charge on any atom is 0.247 e. The third-order valence-corrected chi connectivity index (χ3v) is 6.47. The predicted octanol–water partition coefficient (Wildman–Crippen LogP) is 4.82. The van der Waals surface area contributed by atoms with Crippen LogP contribution in [0.2, 0.25) is 10.0 Å². The van der Waals surface area contributed by atoms with Gasteiger partial charge in [0, 0.05) is 30.8 Å². The summed E-state index contributed by atoms with van der Waals surface area (Å²) in [7, 11) is 1.58. The van der Waals surface area contributed by atoms with Gasteiger partial charge in [0.05, 0.1) is 27.9 Å². The number of amides is 2. The van der Waals surface area contributed by atoms with E-state index in [2.05, 4.69) is 27.2 Å². The van der Waals surface area contributed by atoms with Crippen LogP contribution in [-0.2, 0) is 14.3 Å². The lowest BCUT2D eigenvalue weighted by molar-refractivity contribution is -0.132. The van der Waals surface area contributed by atoms with Gasteiger partial charge in [0.1, 0.15) is 30.5 Å². The fourth-order valence-electron chi connectivity index (χ4n) is 3.98. The number of nitrogens with one attached hydrogen (secondary N) is 2. The van der Waals surface area contributed by atoms with Gasteiger partial charge < -0.3 is 25.0 Å². The smallest absolute Gasteiger partial charge is 0.247 e. The first-order valence-corrected chi connectivity index (χ1v) is 12.0. The lowest BCUT2D eigenvalue weighted by Gasteiger charge is -2.23. The summed E-state index contributed by atoms with van der Waals surface area (Å²) in [5.74, 6) is 0.340. The van der Waals surface area contributed by atoms with Crippen molar-refractivity contribution in [2.75, 3.05) is 37.5 Å². The molecular formula is C25H25Cl2N5O4. The molecular weight excluding hydrogens is 505 g/mol. The average molecular weight is 530 g/mol. The molecule has 2 aromatic carbocycles. The number of carbonyl (C=O) groups excluding carboxylic acids is 2. The number of rotatable bonds is 9. The van der Waals surface area contributed by atoms with Crippen molar-refractivity contribution < 1.29 is 19.1 Å². The Morgan fingerprint density at radius 3 is 2.78 bits per heavy atom. The fraction of sp³-hybridized carbons (Fsp3) is 0.280. The van der Waals surface area contributed by atoms with Crippen molar-refractivity contribution in [1.82, 2.24) is 14.9 Å². The van der Waals surface area contributed by atoms with Gasteiger partial charge in [-0.2, -0.15) is 0 Å². The molecule has 0 spiro atoms. The summed E-state index contributed by atoms with van der Waals surface area (Å²) in [5.41, 5.74) is 1.70. The SMILES string of the molecule is C=CC(=O)N1CCCC1C(=O)Nc1cc2c(Nc3ccc(Cl)c(Cl)c3)ncnc2cc1OCCOC. The molecule has 1 unspecified atom stereocenters. The van der Waals surface area contributed by atoms with E-state index in [-0.39, 0.29) is 18.4 Å². The Labute approximate surface area is 218 Å². The van der Waals surface area contributed by atoms with Crippen LogP contribution in [0.4, 0.5) is 17.2 Å². The minimum atomic E-state index is -0.598. The molecule has 1 saturated heterocycles. The van der Waals surface area contributed by atoms with Crippen LogP contribution < -0.4 is 15.4 Å². The van der Waals surface area contributed by atoms with Crippen molar-refractivity contribution in [3.63, 3.8) is 0 Å². The van der Waals surface area contributed by atoms with Crippen LogP contribution in [0, 0.1) is 0 Å². The van der Waals surface area contributed by atoms with Gasteiger partial charge in [0.2, 0.25) is 11.8 Å². The first-order chi connectivity index (χ1) is 17.4. The zero-order chi connectivity index (χ0) is 25.7. The summed E-state index contributed by atoms with van der Waals surface area (Å²) >= 11 is 12.2. The van der Waals surface area contributed by atoms with Gasteiger partial charge in [-0.15, -0.1) is 0 Å². The molecule has 1 aromatic heterocycles. The second-order valence-corrected chi connectivity index (χ2v) is 8.88. The van der Waals surface area contributed by atoms with Gasteiger partial charge in [0.15, 0.2) is 0 Å². The van der Waals surface area contributed by atoms with Crippen LogP contribution in [0.15, 0.2) is 49.3 Å². The lowest BCUT2D eigenvalue weighted by atomic mass is 10.1. The molecule has 4 rings (SSSR count). The van der Waals surface area contributed by atoms with Crippen molar-refractivity contribution in [2.24, 2.45) is 0 Å². The molecule has 11 heteroatoms. The van der Waals surface area contributed by atoms with Crippen LogP contribution >= 0.6 is 23.2 Å². The van der Waals surface area contributed by atoms with E-state index in [0.717, 1.165) is 6.42 Å². The summed E-state index contributed by atoms with van der Waals surface area (Å²) in [6, 6.07) is 8.01. The zero-order valence-corrected chi connectivity index (χ0v) is 21.1. The molecule has 2 N–H and O–H groups in total. The highest BCUT2D eigenvalue weighted by atomic mass is 35.5. The average Bonchev–Trinajstić information content (AvgIpc) is 3.37. The van der Waals surface area contributed by atoms with Gasteiger partial charge in [0.25, 0.3) is 0 Å². The molecule has 0 radical (unpaired) electrons. The number of carbonyl (C=O) groups is 2. The van der Waals surface area contributed by atoms with E-state index in [0.29, 0.717) is 63.5 Å². The molecule has 2 heterocycles. The second-order valence-electron chi connectivity index (χ2n) is 8.07. The Hall–Kier alpha value is -3.40. The van der Waals surface area contributed by atoms with E-state index in [1.165, 1.54) is 17.3 Å². The van der Waals surface area contributed by atoms with Crippen LogP contribution in [0.25, 0.3) is 10.9 Å². The number of benzene rings is 2. The van der Waals surface area contributed by atoms with Crippen molar-refractivity contribution in [3.05, 3.63) is 59.4 Å². The number of anilines is 3. The van der Waals surface area contributed by atoms with Crippen molar-refractivity contribution in [1.29, 1.82) is 0 Å². The Bertz CT molecular complexity index is 1300. The minimum Gasteiger partial charge on any atom is -0.489 e. The van der Waals surface area contributed by atoms with Crippen LogP contribution in [0.5, 0.6) is 5.75 Å². The summed E-state index contributed by atoms with van der Waals surface area (Å²) in [6.45, 7) is 4.68. The third-order valence-electron chi connectivity index (χ3n) is 5.74. The molecule has 9 nitrogen and oxygen atoms in total. The van der Waals surface area contributed by atoms with Gasteiger partial charge in [-0.1, -0.05) is 29.8 Å². The fourth-order valence-corrected chi connectivity index (χ4v) is 4.28. The summed E-state index contributed by atoms with van der Waals surface area (Å²) in [4.78, 5) is 35.7. The molecule has 1 atom stereocenters. The maximum atomic E-state index is 13.2. The van der Waals surface area contributed by atoms with E-state index in [1.54, 1.807) is 37.4 Å². The number of hydrogen-bond acceptors (Lipinski definition) is 7. The van der Waals surface area contributed by atoms with Gasteiger partial charge in [-0.3, -0.25) is 9.59 Å². The number of methoxy groups -OCH3 is 1. The number of fused-ring (bicyclic) bond motifs is 1. The van der Waals surface area contributed by atoms with Gasteiger partial charge >= 0.3 is 0 Å². The van der Waals surface area contributed by atoms with Crippen molar-refractivity contribution in [2.45, 2.75) is 18.9 Å². The highest BCUT2D eigenvalue weighted by molar-refractivity contribution is 6.42. The number of likely N-dealkylation sites (tertiary alicyclic amines) is 1. The number of hydrogen-bond donors (Lipinski definition) is 2. The third kappa shape index (κ3) is 5.70. The quantitative estimate of drug-likeness (QED) is 0.302. The molecule has 1 fully saturated rings. The monoisotopic (exact) mass is 529 g/mol. The van der Waals surface area contributed by atoms with E-state index in [1.807, 2.05) is 0 Å². The zero-order valence-electron chi connectivity index (χ0n) is 19.6. The Kier molecular flexibility index (Phi) is 8.25. The number of halogens is 2. The second kappa shape index (κ2) is 11.6. The molecule has 0 saturated carbocycles. The summed E-state index contributed by atoms with van der Waals surface area (Å²) < 4.78 is 11.0. The molecule has 1 aliphatic heterocycles. The van der Waals surface area contributed by atoms with E-state index in [9.17, 15) is 9.59 Å². The van der Waals surface area contributed by atoms with Gasteiger partial charge in [-0.25, -0.2) is 9.97 Å². The Morgan fingerprint density at radius 2 is 2.03 bits per heavy atom. The Morgan fingerprint density at radius 1 is 1.19 bits per heavy atom. The first kappa shape index (κ1) is 25.7. The first-order valence-electron chi connectivity index (χ1n) is 11.3.